The van der Waals surface area contributed by atoms with Crippen molar-refractivity contribution in [2.75, 3.05) is 5.32 Å². The highest BCUT2D eigenvalue weighted by atomic mass is 35.5. The molecule has 1 amide bonds. The Hall–Kier alpha value is -2.44. The summed E-state index contributed by atoms with van der Waals surface area (Å²) in [5.74, 6) is 0.319. The average Bonchev–Trinajstić information content (AvgIpc) is 3.06. The molecule has 0 spiro atoms. The van der Waals surface area contributed by atoms with E-state index in [1.807, 2.05) is 17.5 Å². The third-order valence-electron chi connectivity index (χ3n) is 3.21. The highest BCUT2D eigenvalue weighted by Gasteiger charge is 2.16. The van der Waals surface area contributed by atoms with E-state index in [2.05, 4.69) is 15.3 Å². The summed E-state index contributed by atoms with van der Waals surface area (Å²) in [5, 5.41) is 5.79. The Labute approximate surface area is 148 Å². The summed E-state index contributed by atoms with van der Waals surface area (Å²) in [7, 11) is 0. The lowest BCUT2D eigenvalue weighted by Crippen LogP contribution is -2.30. The molecule has 0 radical (unpaired) electrons. The lowest BCUT2D eigenvalue weighted by atomic mass is 10.2. The molecule has 1 N–H and O–H groups in total. The minimum absolute atomic E-state index is 0.263. The third kappa shape index (κ3) is 4.10. The van der Waals surface area contributed by atoms with Gasteiger partial charge >= 0.3 is 0 Å². The van der Waals surface area contributed by atoms with Gasteiger partial charge in [0.2, 0.25) is 0 Å². The van der Waals surface area contributed by atoms with E-state index in [1.165, 1.54) is 11.3 Å². The van der Waals surface area contributed by atoms with Gasteiger partial charge in [0.15, 0.2) is 11.2 Å². The number of carbonyl (C=O) groups is 1. The van der Waals surface area contributed by atoms with Gasteiger partial charge in [-0.2, -0.15) is 0 Å². The van der Waals surface area contributed by atoms with Crippen LogP contribution in [0.1, 0.15) is 6.92 Å². The van der Waals surface area contributed by atoms with Crippen molar-refractivity contribution in [2.45, 2.75) is 13.0 Å². The third-order valence-corrected chi connectivity index (χ3v) is 4.22. The number of amides is 1. The maximum Gasteiger partial charge on any atom is 0.266 e. The molecule has 3 aromatic rings. The van der Waals surface area contributed by atoms with Gasteiger partial charge in [-0.1, -0.05) is 11.6 Å². The van der Waals surface area contributed by atoms with Crippen LogP contribution in [-0.4, -0.2) is 22.0 Å². The molecule has 1 aromatic carbocycles. The van der Waals surface area contributed by atoms with E-state index in [1.54, 1.807) is 43.6 Å². The summed E-state index contributed by atoms with van der Waals surface area (Å²) < 4.78 is 5.59. The number of aromatic nitrogens is 2. The van der Waals surface area contributed by atoms with Crippen LogP contribution < -0.4 is 10.1 Å². The number of halogens is 1. The molecule has 24 heavy (non-hydrogen) atoms. The number of nitrogens with one attached hydrogen (secondary N) is 1. The quantitative estimate of drug-likeness (QED) is 0.739. The minimum Gasteiger partial charge on any atom is -0.481 e. The van der Waals surface area contributed by atoms with Gasteiger partial charge in [-0.25, -0.2) is 4.98 Å². The first kappa shape index (κ1) is 16.4. The van der Waals surface area contributed by atoms with Crippen LogP contribution in [0.15, 0.2) is 54.2 Å². The summed E-state index contributed by atoms with van der Waals surface area (Å²) in [6, 6.07) is 10.6. The van der Waals surface area contributed by atoms with E-state index >= 15 is 0 Å². The van der Waals surface area contributed by atoms with Gasteiger partial charge in [0.1, 0.15) is 5.75 Å². The highest BCUT2D eigenvalue weighted by molar-refractivity contribution is 7.14. The average molecular weight is 360 g/mol. The first-order valence-electron chi connectivity index (χ1n) is 7.21. The zero-order valence-corrected chi connectivity index (χ0v) is 14.3. The first-order valence-corrected chi connectivity index (χ1v) is 8.46. The Bertz CT molecular complexity index is 821. The van der Waals surface area contributed by atoms with Gasteiger partial charge in [-0.15, -0.1) is 11.3 Å². The van der Waals surface area contributed by atoms with E-state index in [0.717, 1.165) is 11.3 Å². The van der Waals surface area contributed by atoms with Crippen molar-refractivity contribution in [3.8, 4) is 17.0 Å². The minimum atomic E-state index is -0.653. The maximum atomic E-state index is 12.2. The number of pyridine rings is 1. The van der Waals surface area contributed by atoms with Crippen molar-refractivity contribution in [2.24, 2.45) is 0 Å². The predicted molar refractivity (Wildman–Crippen MR) is 95.5 cm³/mol. The molecular formula is C17H14ClN3O2S. The van der Waals surface area contributed by atoms with E-state index in [0.29, 0.717) is 15.9 Å². The van der Waals surface area contributed by atoms with Crippen LogP contribution in [0.3, 0.4) is 0 Å². The summed E-state index contributed by atoms with van der Waals surface area (Å²) in [5.41, 5.74) is 1.75. The number of hydrogen-bond donors (Lipinski definition) is 1. The lowest BCUT2D eigenvalue weighted by Gasteiger charge is -2.13. The summed E-state index contributed by atoms with van der Waals surface area (Å²) >= 11 is 7.19. The molecule has 0 aliphatic rings. The van der Waals surface area contributed by atoms with E-state index < -0.39 is 6.10 Å². The van der Waals surface area contributed by atoms with Gasteiger partial charge in [0.25, 0.3) is 5.91 Å². The van der Waals surface area contributed by atoms with Crippen molar-refractivity contribution >= 4 is 34.0 Å². The molecule has 7 heteroatoms. The Kier molecular flexibility index (Phi) is 5.08. The molecule has 0 fully saturated rings. The zero-order chi connectivity index (χ0) is 16.9. The normalized spacial score (nSPS) is 11.8. The second-order valence-electron chi connectivity index (χ2n) is 4.98. The number of thiazole rings is 1. The van der Waals surface area contributed by atoms with E-state index in [4.69, 9.17) is 16.3 Å². The smallest absolute Gasteiger partial charge is 0.266 e. The molecule has 0 aliphatic heterocycles. The first-order chi connectivity index (χ1) is 11.6. The molecule has 2 heterocycles. The van der Waals surface area contributed by atoms with Gasteiger partial charge < -0.3 is 4.74 Å². The van der Waals surface area contributed by atoms with Crippen LogP contribution in [0.4, 0.5) is 5.13 Å². The molecule has 0 unspecified atom stereocenters. The van der Waals surface area contributed by atoms with Crippen molar-refractivity contribution in [3.63, 3.8) is 0 Å². The Balaban J connectivity index is 1.62. The second kappa shape index (κ2) is 7.42. The molecule has 3 rings (SSSR count). The maximum absolute atomic E-state index is 12.2. The topological polar surface area (TPSA) is 64.1 Å². The molecule has 5 nitrogen and oxygen atoms in total. The summed E-state index contributed by atoms with van der Waals surface area (Å²) in [6.45, 7) is 1.68. The van der Waals surface area contributed by atoms with Gasteiger partial charge in [0.05, 0.1) is 5.69 Å². The molecule has 122 valence electrons. The van der Waals surface area contributed by atoms with Crippen LogP contribution in [0.2, 0.25) is 5.02 Å². The SMILES string of the molecule is C[C@@H](Oc1ccc(Cl)cc1)C(=O)Nc1nc(-c2ccncc2)cs1. The number of benzene rings is 1. The number of carbonyl (C=O) groups excluding carboxylic acids is 1. The monoisotopic (exact) mass is 359 g/mol. The van der Waals surface area contributed by atoms with E-state index in [-0.39, 0.29) is 5.91 Å². The number of ether oxygens (including phenoxy) is 1. The molecule has 0 aliphatic carbocycles. The highest BCUT2D eigenvalue weighted by Crippen LogP contribution is 2.24. The van der Waals surface area contributed by atoms with Crippen molar-refractivity contribution in [3.05, 3.63) is 59.2 Å². The molecule has 0 bridgehead atoms. The molecular weight excluding hydrogens is 346 g/mol. The fourth-order valence-corrected chi connectivity index (χ4v) is 2.81. The number of rotatable bonds is 5. The van der Waals surface area contributed by atoms with Gasteiger partial charge in [-0.3, -0.25) is 15.1 Å². The van der Waals surface area contributed by atoms with Gasteiger partial charge in [-0.05, 0) is 43.3 Å². The van der Waals surface area contributed by atoms with Crippen LogP contribution >= 0.6 is 22.9 Å². The van der Waals surface area contributed by atoms with Crippen LogP contribution in [-0.2, 0) is 4.79 Å². The fraction of sp³-hybridized carbons (Fsp3) is 0.118. The molecule has 1 atom stereocenters. The van der Waals surface area contributed by atoms with E-state index in [9.17, 15) is 4.79 Å². The lowest BCUT2D eigenvalue weighted by molar-refractivity contribution is -0.122. The van der Waals surface area contributed by atoms with Crippen molar-refractivity contribution in [1.82, 2.24) is 9.97 Å². The summed E-state index contributed by atoms with van der Waals surface area (Å²) in [6.07, 6.45) is 2.75. The molecule has 2 aromatic heterocycles. The standard InChI is InChI=1S/C17H14ClN3O2S/c1-11(23-14-4-2-13(18)3-5-14)16(22)21-17-20-15(10-24-17)12-6-8-19-9-7-12/h2-11H,1H3,(H,20,21,22)/t11-/m1/s1. The van der Waals surface area contributed by atoms with Crippen molar-refractivity contribution < 1.29 is 9.53 Å². The zero-order valence-electron chi connectivity index (χ0n) is 12.8. The van der Waals surface area contributed by atoms with Crippen LogP contribution in [0.5, 0.6) is 5.75 Å². The van der Waals surface area contributed by atoms with Crippen molar-refractivity contribution in [1.29, 1.82) is 0 Å². The van der Waals surface area contributed by atoms with Gasteiger partial charge in [0, 0.05) is 28.4 Å². The fourth-order valence-electron chi connectivity index (χ4n) is 1.96. The number of anilines is 1. The predicted octanol–water partition coefficient (Wildman–Crippen LogP) is 4.26. The largest absolute Gasteiger partial charge is 0.481 e. The summed E-state index contributed by atoms with van der Waals surface area (Å²) in [4.78, 5) is 20.6. The second-order valence-corrected chi connectivity index (χ2v) is 6.27. The number of nitrogens with zero attached hydrogens (tertiary/aromatic N) is 2. The number of hydrogen-bond acceptors (Lipinski definition) is 5. The van der Waals surface area contributed by atoms with Crippen LogP contribution in [0, 0.1) is 0 Å². The van der Waals surface area contributed by atoms with Crippen LogP contribution in [0.25, 0.3) is 11.3 Å². The molecule has 0 saturated heterocycles. The Morgan fingerprint density at radius 2 is 1.92 bits per heavy atom. The molecule has 0 saturated carbocycles. The Morgan fingerprint density at radius 3 is 2.62 bits per heavy atom. The Morgan fingerprint density at radius 1 is 1.21 bits per heavy atom.